The lowest BCUT2D eigenvalue weighted by molar-refractivity contribution is -0.123. The molecule has 13 heteroatoms. The number of nitrogens with zero attached hydrogens (tertiary/aromatic N) is 7. The number of rotatable bonds is 6. The highest BCUT2D eigenvalue weighted by atomic mass is 19.1. The Bertz CT molecular complexity index is 1840. The first-order chi connectivity index (χ1) is 20.2. The molecule has 4 heterocycles. The van der Waals surface area contributed by atoms with E-state index in [1.807, 2.05) is 9.80 Å². The molecule has 12 nitrogen and oxygen atoms in total. The van der Waals surface area contributed by atoms with E-state index in [9.17, 15) is 23.6 Å². The number of hydrogen-bond donors (Lipinski definition) is 0. The van der Waals surface area contributed by atoms with Crippen molar-refractivity contribution in [2.45, 2.75) is 19.0 Å². The van der Waals surface area contributed by atoms with Gasteiger partial charge in [-0.05, 0) is 18.2 Å². The molecule has 2 aromatic carbocycles. The zero-order chi connectivity index (χ0) is 29.7. The predicted molar refractivity (Wildman–Crippen MR) is 153 cm³/mol. The van der Waals surface area contributed by atoms with Crippen LogP contribution in [-0.2, 0) is 30.2 Å². The van der Waals surface area contributed by atoms with Gasteiger partial charge in [-0.25, -0.2) is 14.1 Å². The Labute approximate surface area is 239 Å². The van der Waals surface area contributed by atoms with Gasteiger partial charge >= 0.3 is 5.69 Å². The van der Waals surface area contributed by atoms with Crippen LogP contribution in [0.2, 0.25) is 0 Å². The zero-order valence-electron chi connectivity index (χ0n) is 23.5. The van der Waals surface area contributed by atoms with Gasteiger partial charge in [0.05, 0.1) is 31.8 Å². The van der Waals surface area contributed by atoms with Crippen LogP contribution >= 0.6 is 0 Å². The van der Waals surface area contributed by atoms with E-state index in [1.165, 1.54) is 29.7 Å². The average Bonchev–Trinajstić information content (AvgIpc) is 3.52. The maximum Gasteiger partial charge on any atom is 0.332 e. The van der Waals surface area contributed by atoms with Crippen molar-refractivity contribution in [1.29, 1.82) is 0 Å². The number of carbonyl (C=O) groups excluding carboxylic acids is 2. The van der Waals surface area contributed by atoms with Crippen LogP contribution in [0.3, 0.4) is 0 Å². The molecule has 2 aliphatic heterocycles. The third-order valence-electron chi connectivity index (χ3n) is 8.10. The quantitative estimate of drug-likeness (QED) is 0.314. The minimum absolute atomic E-state index is 0.0373. The molecule has 2 aromatic heterocycles. The van der Waals surface area contributed by atoms with Crippen LogP contribution in [0.15, 0.2) is 58.1 Å². The van der Waals surface area contributed by atoms with Gasteiger partial charge in [0.1, 0.15) is 11.6 Å². The summed E-state index contributed by atoms with van der Waals surface area (Å²) in [6.07, 6.45) is 0.0564. The molecule has 42 heavy (non-hydrogen) atoms. The SMILES string of the molecule is COc1ccccc1N1C(=O)CC(N2CCN(c3nc4c(c(=O)n(C)c(=O)n4C)n3Cc3ccccc3F)CC2)C1=O. The summed E-state index contributed by atoms with van der Waals surface area (Å²) in [4.78, 5) is 62.2. The molecule has 6 rings (SSSR count). The van der Waals surface area contributed by atoms with Crippen molar-refractivity contribution in [1.82, 2.24) is 23.6 Å². The number of halogens is 1. The largest absolute Gasteiger partial charge is 0.495 e. The van der Waals surface area contributed by atoms with Gasteiger partial charge < -0.3 is 9.64 Å². The van der Waals surface area contributed by atoms with Crippen molar-refractivity contribution in [3.05, 3.63) is 80.7 Å². The molecule has 2 aliphatic rings. The van der Waals surface area contributed by atoms with Crippen molar-refractivity contribution in [2.75, 3.05) is 43.1 Å². The van der Waals surface area contributed by atoms with Gasteiger partial charge in [-0.15, -0.1) is 0 Å². The molecule has 218 valence electrons. The highest BCUT2D eigenvalue weighted by molar-refractivity contribution is 6.23. The second-order valence-electron chi connectivity index (χ2n) is 10.4. The molecule has 1 atom stereocenters. The summed E-state index contributed by atoms with van der Waals surface area (Å²) in [5, 5.41) is 0. The van der Waals surface area contributed by atoms with Crippen molar-refractivity contribution in [3.8, 4) is 5.75 Å². The normalized spacial score (nSPS) is 18.0. The highest BCUT2D eigenvalue weighted by Crippen LogP contribution is 2.33. The fourth-order valence-electron chi connectivity index (χ4n) is 5.83. The fourth-order valence-corrected chi connectivity index (χ4v) is 5.83. The number of hydrogen-bond acceptors (Lipinski definition) is 8. The number of amides is 2. The molecule has 2 fully saturated rings. The maximum atomic E-state index is 14.7. The third kappa shape index (κ3) is 4.36. The van der Waals surface area contributed by atoms with Crippen LogP contribution in [0.5, 0.6) is 5.75 Å². The minimum atomic E-state index is -0.616. The van der Waals surface area contributed by atoms with E-state index in [-0.39, 0.29) is 35.9 Å². The number of ether oxygens (including phenoxy) is 1. The first-order valence-electron chi connectivity index (χ1n) is 13.6. The second-order valence-corrected chi connectivity index (χ2v) is 10.4. The summed E-state index contributed by atoms with van der Waals surface area (Å²) in [5.74, 6) is -0.140. The molecule has 0 radical (unpaired) electrons. The number of methoxy groups -OCH3 is 1. The molecule has 2 saturated heterocycles. The Kier molecular flexibility index (Phi) is 6.89. The molecule has 0 bridgehead atoms. The number of carbonyl (C=O) groups is 2. The number of para-hydroxylation sites is 2. The van der Waals surface area contributed by atoms with Crippen LogP contribution in [0, 0.1) is 5.82 Å². The third-order valence-corrected chi connectivity index (χ3v) is 8.10. The smallest absolute Gasteiger partial charge is 0.332 e. The summed E-state index contributed by atoms with van der Waals surface area (Å²) < 4.78 is 24.1. The molecule has 0 aliphatic carbocycles. The Morgan fingerprint density at radius 1 is 0.929 bits per heavy atom. The van der Waals surface area contributed by atoms with E-state index in [4.69, 9.17) is 9.72 Å². The van der Waals surface area contributed by atoms with Crippen LogP contribution in [0.4, 0.5) is 16.0 Å². The molecule has 4 aromatic rings. The van der Waals surface area contributed by atoms with Crippen molar-refractivity contribution < 1.29 is 18.7 Å². The van der Waals surface area contributed by atoms with E-state index < -0.39 is 23.1 Å². The number of imide groups is 1. The summed E-state index contributed by atoms with van der Waals surface area (Å²) in [7, 11) is 4.44. The summed E-state index contributed by atoms with van der Waals surface area (Å²) in [6, 6.07) is 12.6. The van der Waals surface area contributed by atoms with E-state index in [2.05, 4.69) is 0 Å². The monoisotopic (exact) mass is 575 g/mol. The van der Waals surface area contributed by atoms with Crippen LogP contribution in [-0.4, -0.2) is 74.7 Å². The van der Waals surface area contributed by atoms with E-state index in [1.54, 1.807) is 54.1 Å². The molecular formula is C29H30FN7O5. The number of fused-ring (bicyclic) bond motifs is 1. The minimum Gasteiger partial charge on any atom is -0.495 e. The maximum absolute atomic E-state index is 14.7. The Hall–Kier alpha value is -4.78. The van der Waals surface area contributed by atoms with Gasteiger partial charge in [0, 0.05) is 45.8 Å². The predicted octanol–water partition coefficient (Wildman–Crippen LogP) is 1.08. The number of piperazine rings is 1. The van der Waals surface area contributed by atoms with Gasteiger partial charge in [-0.3, -0.25) is 33.0 Å². The molecule has 2 amide bonds. The fraction of sp³-hybridized carbons (Fsp3) is 0.345. The Balaban J connectivity index is 1.30. The lowest BCUT2D eigenvalue weighted by Crippen LogP contribution is -2.53. The molecule has 0 N–H and O–H groups in total. The molecule has 0 spiro atoms. The molecule has 0 saturated carbocycles. The summed E-state index contributed by atoms with van der Waals surface area (Å²) in [6.45, 7) is 1.80. The second kappa shape index (κ2) is 10.6. The molecular weight excluding hydrogens is 545 g/mol. The number of aromatic nitrogens is 4. The van der Waals surface area contributed by atoms with Crippen molar-refractivity contribution in [2.24, 2.45) is 14.1 Å². The lowest BCUT2D eigenvalue weighted by Gasteiger charge is -2.37. The zero-order valence-corrected chi connectivity index (χ0v) is 23.5. The van der Waals surface area contributed by atoms with Crippen molar-refractivity contribution in [3.63, 3.8) is 0 Å². The van der Waals surface area contributed by atoms with Crippen LogP contribution < -0.4 is 25.8 Å². The topological polar surface area (TPSA) is 115 Å². The van der Waals surface area contributed by atoms with E-state index in [0.29, 0.717) is 49.1 Å². The number of imidazole rings is 1. The van der Waals surface area contributed by atoms with Gasteiger partial charge in [-0.2, -0.15) is 4.98 Å². The summed E-state index contributed by atoms with van der Waals surface area (Å²) in [5.41, 5.74) is 0.172. The van der Waals surface area contributed by atoms with Gasteiger partial charge in [-0.1, -0.05) is 30.3 Å². The van der Waals surface area contributed by atoms with Crippen LogP contribution in [0.25, 0.3) is 11.2 Å². The van der Waals surface area contributed by atoms with Gasteiger partial charge in [0.15, 0.2) is 11.2 Å². The Morgan fingerprint density at radius 2 is 1.62 bits per heavy atom. The lowest BCUT2D eigenvalue weighted by atomic mass is 10.1. The van der Waals surface area contributed by atoms with Gasteiger partial charge in [0.2, 0.25) is 11.9 Å². The first-order valence-corrected chi connectivity index (χ1v) is 13.6. The highest BCUT2D eigenvalue weighted by Gasteiger charge is 2.44. The number of anilines is 2. The van der Waals surface area contributed by atoms with Crippen LogP contribution in [0.1, 0.15) is 12.0 Å². The molecule has 1 unspecified atom stereocenters. The van der Waals surface area contributed by atoms with E-state index in [0.717, 1.165) is 4.57 Å². The average molecular weight is 576 g/mol. The number of benzene rings is 2. The Morgan fingerprint density at radius 3 is 2.33 bits per heavy atom. The van der Waals surface area contributed by atoms with Crippen molar-refractivity contribution >= 4 is 34.6 Å². The number of aryl methyl sites for hydroxylation is 1. The first kappa shape index (κ1) is 27.4. The van der Waals surface area contributed by atoms with Gasteiger partial charge in [0.25, 0.3) is 11.5 Å². The van der Waals surface area contributed by atoms with E-state index >= 15 is 0 Å². The standard InChI is InChI=1S/C29H30FN7O5/c1-32-25-24(27(40)33(2)29(32)41)36(17-18-8-4-5-9-19(18)30)28(31-25)35-14-12-34(13-15-35)21-16-23(38)37(26(21)39)20-10-6-7-11-22(20)42-3/h4-11,21H,12-17H2,1-3H3. The summed E-state index contributed by atoms with van der Waals surface area (Å²) >= 11 is 0.